The Kier molecular flexibility index (Phi) is 5.82. The molecule has 0 atom stereocenters. The highest BCUT2D eigenvalue weighted by Gasteiger charge is 2.06. The summed E-state index contributed by atoms with van der Waals surface area (Å²) in [6.45, 7) is 10.6. The van der Waals surface area contributed by atoms with E-state index in [0.29, 0.717) is 0 Å². The van der Waals surface area contributed by atoms with Gasteiger partial charge in [0.05, 0.1) is 0 Å². The van der Waals surface area contributed by atoms with Crippen molar-refractivity contribution in [3.05, 3.63) is 65.2 Å². The maximum absolute atomic E-state index is 3.58. The fourth-order valence-electron chi connectivity index (χ4n) is 2.54. The standard InChI is InChI=1S/C19H26N2/c1-4-21(5-2)15-18-11-6-7-12-19(18)20-14-17-10-8-9-16(3)13-17/h6-13,20H,4-5,14-15H2,1-3H3. The molecular weight excluding hydrogens is 256 g/mol. The van der Waals surface area contributed by atoms with E-state index in [-0.39, 0.29) is 0 Å². The molecule has 0 aliphatic heterocycles. The van der Waals surface area contributed by atoms with Gasteiger partial charge in [0.2, 0.25) is 0 Å². The van der Waals surface area contributed by atoms with E-state index in [0.717, 1.165) is 26.2 Å². The minimum atomic E-state index is 0.872. The molecule has 0 radical (unpaired) electrons. The topological polar surface area (TPSA) is 15.3 Å². The van der Waals surface area contributed by atoms with Gasteiger partial charge >= 0.3 is 0 Å². The van der Waals surface area contributed by atoms with Gasteiger partial charge in [-0.15, -0.1) is 0 Å². The molecule has 0 saturated heterocycles. The number of anilines is 1. The van der Waals surface area contributed by atoms with E-state index in [1.807, 2.05) is 0 Å². The summed E-state index contributed by atoms with van der Waals surface area (Å²) in [5.41, 5.74) is 5.25. The molecule has 0 saturated carbocycles. The molecule has 0 heterocycles. The third-order valence-corrected chi connectivity index (χ3v) is 3.87. The molecule has 21 heavy (non-hydrogen) atoms. The van der Waals surface area contributed by atoms with Crippen molar-refractivity contribution in [2.45, 2.75) is 33.9 Å². The van der Waals surface area contributed by atoms with Crippen LogP contribution in [-0.2, 0) is 13.1 Å². The van der Waals surface area contributed by atoms with Crippen LogP contribution in [0.4, 0.5) is 5.69 Å². The molecule has 0 amide bonds. The first kappa shape index (κ1) is 15.6. The number of rotatable bonds is 7. The van der Waals surface area contributed by atoms with Crippen molar-refractivity contribution < 1.29 is 0 Å². The van der Waals surface area contributed by atoms with Gasteiger partial charge in [0, 0.05) is 18.8 Å². The van der Waals surface area contributed by atoms with Crippen LogP contribution in [0.5, 0.6) is 0 Å². The summed E-state index contributed by atoms with van der Waals surface area (Å²) in [7, 11) is 0. The number of nitrogens with zero attached hydrogens (tertiary/aromatic N) is 1. The van der Waals surface area contributed by atoms with E-state index in [4.69, 9.17) is 0 Å². The summed E-state index contributed by atoms with van der Waals surface area (Å²) in [5, 5.41) is 3.58. The van der Waals surface area contributed by atoms with Gasteiger partial charge in [-0.3, -0.25) is 4.90 Å². The second-order valence-corrected chi connectivity index (χ2v) is 5.46. The van der Waals surface area contributed by atoms with Crippen LogP contribution in [0.15, 0.2) is 48.5 Å². The first-order chi connectivity index (χ1) is 10.2. The Labute approximate surface area is 128 Å². The molecule has 2 rings (SSSR count). The SMILES string of the molecule is CCN(CC)Cc1ccccc1NCc1cccc(C)c1. The maximum Gasteiger partial charge on any atom is 0.0400 e. The van der Waals surface area contributed by atoms with Gasteiger partial charge in [-0.25, -0.2) is 0 Å². The summed E-state index contributed by atoms with van der Waals surface area (Å²) in [6.07, 6.45) is 0. The summed E-state index contributed by atoms with van der Waals surface area (Å²) < 4.78 is 0. The van der Waals surface area contributed by atoms with Gasteiger partial charge in [-0.05, 0) is 37.2 Å². The van der Waals surface area contributed by atoms with E-state index in [1.165, 1.54) is 22.4 Å². The Morgan fingerprint density at radius 3 is 2.43 bits per heavy atom. The van der Waals surface area contributed by atoms with E-state index in [1.54, 1.807) is 0 Å². The zero-order chi connectivity index (χ0) is 15.1. The first-order valence-electron chi connectivity index (χ1n) is 7.82. The fourth-order valence-corrected chi connectivity index (χ4v) is 2.54. The molecule has 2 aromatic carbocycles. The number of hydrogen-bond donors (Lipinski definition) is 1. The minimum Gasteiger partial charge on any atom is -0.381 e. The summed E-state index contributed by atoms with van der Waals surface area (Å²) in [6, 6.07) is 17.3. The van der Waals surface area contributed by atoms with Gasteiger partial charge in [0.1, 0.15) is 0 Å². The monoisotopic (exact) mass is 282 g/mol. The Balaban J connectivity index is 2.06. The highest BCUT2D eigenvalue weighted by atomic mass is 15.1. The van der Waals surface area contributed by atoms with Crippen molar-refractivity contribution >= 4 is 5.69 Å². The van der Waals surface area contributed by atoms with E-state index in [9.17, 15) is 0 Å². The van der Waals surface area contributed by atoms with Crippen LogP contribution in [0.2, 0.25) is 0 Å². The first-order valence-corrected chi connectivity index (χ1v) is 7.82. The van der Waals surface area contributed by atoms with Gasteiger partial charge in [-0.1, -0.05) is 61.9 Å². The molecule has 1 N–H and O–H groups in total. The molecule has 2 heteroatoms. The third kappa shape index (κ3) is 4.61. The van der Waals surface area contributed by atoms with Gasteiger partial charge in [-0.2, -0.15) is 0 Å². The van der Waals surface area contributed by atoms with Gasteiger partial charge in [0.25, 0.3) is 0 Å². The lowest BCUT2D eigenvalue weighted by atomic mass is 10.1. The lowest BCUT2D eigenvalue weighted by molar-refractivity contribution is 0.296. The minimum absolute atomic E-state index is 0.872. The van der Waals surface area contributed by atoms with Crippen LogP contribution in [0.25, 0.3) is 0 Å². The molecule has 0 fully saturated rings. The molecule has 2 nitrogen and oxygen atoms in total. The van der Waals surface area contributed by atoms with E-state index >= 15 is 0 Å². The predicted octanol–water partition coefficient (Wildman–Crippen LogP) is 4.45. The zero-order valence-corrected chi connectivity index (χ0v) is 13.4. The van der Waals surface area contributed by atoms with Crippen LogP contribution in [-0.4, -0.2) is 18.0 Å². The summed E-state index contributed by atoms with van der Waals surface area (Å²) in [4.78, 5) is 2.44. The Morgan fingerprint density at radius 2 is 1.71 bits per heavy atom. The van der Waals surface area contributed by atoms with Crippen molar-refractivity contribution in [2.75, 3.05) is 18.4 Å². The molecule has 0 aliphatic rings. The Morgan fingerprint density at radius 1 is 0.952 bits per heavy atom. The van der Waals surface area contributed by atoms with E-state index in [2.05, 4.69) is 79.5 Å². The number of para-hydroxylation sites is 1. The molecule has 0 aromatic heterocycles. The molecule has 112 valence electrons. The molecule has 0 spiro atoms. The average Bonchev–Trinajstić information content (AvgIpc) is 2.51. The quantitative estimate of drug-likeness (QED) is 0.807. The molecule has 2 aromatic rings. The normalized spacial score (nSPS) is 10.9. The molecule has 0 bridgehead atoms. The third-order valence-electron chi connectivity index (χ3n) is 3.87. The largest absolute Gasteiger partial charge is 0.381 e. The smallest absolute Gasteiger partial charge is 0.0400 e. The lowest BCUT2D eigenvalue weighted by Crippen LogP contribution is -2.22. The summed E-state index contributed by atoms with van der Waals surface area (Å²) >= 11 is 0. The van der Waals surface area contributed by atoms with Crippen molar-refractivity contribution in [1.29, 1.82) is 0 Å². The van der Waals surface area contributed by atoms with Crippen LogP contribution in [0.3, 0.4) is 0 Å². The second kappa shape index (κ2) is 7.84. The molecular formula is C19H26N2. The van der Waals surface area contributed by atoms with Crippen LogP contribution in [0.1, 0.15) is 30.5 Å². The van der Waals surface area contributed by atoms with E-state index < -0.39 is 0 Å². The zero-order valence-electron chi connectivity index (χ0n) is 13.4. The Hall–Kier alpha value is -1.80. The van der Waals surface area contributed by atoms with Crippen molar-refractivity contribution in [3.8, 4) is 0 Å². The Bertz CT molecular complexity index is 559. The lowest BCUT2D eigenvalue weighted by Gasteiger charge is -2.20. The van der Waals surface area contributed by atoms with Crippen molar-refractivity contribution in [3.63, 3.8) is 0 Å². The maximum atomic E-state index is 3.58. The molecule has 0 aliphatic carbocycles. The van der Waals surface area contributed by atoms with Gasteiger partial charge in [0.15, 0.2) is 0 Å². The van der Waals surface area contributed by atoms with Gasteiger partial charge < -0.3 is 5.32 Å². The average molecular weight is 282 g/mol. The fraction of sp³-hybridized carbons (Fsp3) is 0.368. The second-order valence-electron chi connectivity index (χ2n) is 5.46. The summed E-state index contributed by atoms with van der Waals surface area (Å²) in [5.74, 6) is 0. The van der Waals surface area contributed by atoms with Crippen molar-refractivity contribution in [2.24, 2.45) is 0 Å². The van der Waals surface area contributed by atoms with Crippen LogP contribution < -0.4 is 5.32 Å². The number of nitrogens with one attached hydrogen (secondary N) is 1. The number of aryl methyl sites for hydroxylation is 1. The number of benzene rings is 2. The highest BCUT2D eigenvalue weighted by Crippen LogP contribution is 2.18. The highest BCUT2D eigenvalue weighted by molar-refractivity contribution is 5.51. The van der Waals surface area contributed by atoms with Crippen molar-refractivity contribution in [1.82, 2.24) is 4.90 Å². The number of hydrogen-bond acceptors (Lipinski definition) is 2. The van der Waals surface area contributed by atoms with Crippen LogP contribution >= 0.6 is 0 Å². The molecule has 0 unspecified atom stereocenters. The van der Waals surface area contributed by atoms with Crippen LogP contribution in [0, 0.1) is 6.92 Å². The predicted molar refractivity (Wildman–Crippen MR) is 91.6 cm³/mol.